The number of carbonyl (C=O) groups is 2. The molecule has 2 aromatic carbocycles. The maximum atomic E-state index is 14.5. The topological polar surface area (TPSA) is 71.1 Å². The van der Waals surface area contributed by atoms with Crippen LogP contribution in [0.5, 0.6) is 0 Å². The SMILES string of the molecule is CC.Cc1cccc(C2(NC(=O)c3c(C)cccc3C(=O)Nc3ccc(C(F)(C(F)(F)F)C(F)(F)F)cc3C)CC2)n1. The highest BCUT2D eigenvalue weighted by molar-refractivity contribution is 6.13. The second-order valence-electron chi connectivity index (χ2n) is 9.84. The van der Waals surface area contributed by atoms with Crippen LogP contribution in [0.3, 0.4) is 0 Å². The minimum atomic E-state index is -6.26. The molecule has 1 aliphatic carbocycles. The van der Waals surface area contributed by atoms with Crippen LogP contribution in [0.4, 0.5) is 36.4 Å². The van der Waals surface area contributed by atoms with E-state index in [0.717, 1.165) is 18.7 Å². The lowest BCUT2D eigenvalue weighted by molar-refractivity contribution is -0.348. The average molecular weight is 598 g/mol. The average Bonchev–Trinajstić information content (AvgIpc) is 3.69. The summed E-state index contributed by atoms with van der Waals surface area (Å²) < 4.78 is 93.4. The molecule has 1 aliphatic rings. The van der Waals surface area contributed by atoms with Crippen LogP contribution in [0, 0.1) is 20.8 Å². The summed E-state index contributed by atoms with van der Waals surface area (Å²) in [5, 5.41) is 5.36. The molecule has 226 valence electrons. The van der Waals surface area contributed by atoms with Gasteiger partial charge >= 0.3 is 18.0 Å². The van der Waals surface area contributed by atoms with Crippen molar-refractivity contribution in [3.63, 3.8) is 0 Å². The Bertz CT molecular complexity index is 1460. The highest BCUT2D eigenvalue weighted by Gasteiger charge is 2.73. The number of alkyl halides is 7. The second-order valence-corrected chi connectivity index (χ2v) is 9.84. The maximum absolute atomic E-state index is 14.5. The van der Waals surface area contributed by atoms with Gasteiger partial charge in [0.1, 0.15) is 0 Å². The van der Waals surface area contributed by atoms with Gasteiger partial charge in [0.25, 0.3) is 11.8 Å². The third kappa shape index (κ3) is 6.12. The molecule has 0 bridgehead atoms. The Morgan fingerprint density at radius 1 is 0.786 bits per heavy atom. The van der Waals surface area contributed by atoms with Gasteiger partial charge < -0.3 is 10.6 Å². The van der Waals surface area contributed by atoms with E-state index in [2.05, 4.69) is 15.6 Å². The number of carbonyl (C=O) groups excluding carboxylic acids is 2. The fourth-order valence-corrected chi connectivity index (χ4v) is 4.51. The first-order valence-corrected chi connectivity index (χ1v) is 13.1. The number of hydrogen-bond acceptors (Lipinski definition) is 3. The Balaban J connectivity index is 0.00000237. The number of rotatable bonds is 6. The number of hydrogen-bond donors (Lipinski definition) is 2. The third-order valence-electron chi connectivity index (χ3n) is 6.88. The molecule has 2 N–H and O–H groups in total. The fourth-order valence-electron chi connectivity index (χ4n) is 4.51. The summed E-state index contributed by atoms with van der Waals surface area (Å²) in [6, 6.07) is 11.4. The zero-order valence-electron chi connectivity index (χ0n) is 23.5. The summed E-state index contributed by atoms with van der Waals surface area (Å²) in [6.07, 6.45) is -11.3. The van der Waals surface area contributed by atoms with E-state index in [4.69, 9.17) is 0 Å². The van der Waals surface area contributed by atoms with Gasteiger partial charge in [-0.3, -0.25) is 14.6 Å². The molecule has 0 atom stereocenters. The third-order valence-corrected chi connectivity index (χ3v) is 6.88. The summed E-state index contributed by atoms with van der Waals surface area (Å²) in [6.45, 7) is 8.56. The number of anilines is 1. The Labute approximate surface area is 238 Å². The molecule has 1 heterocycles. The molecule has 0 spiro atoms. The number of nitrogens with one attached hydrogen (secondary N) is 2. The minimum Gasteiger partial charge on any atom is -0.341 e. The van der Waals surface area contributed by atoms with Crippen molar-refractivity contribution in [2.45, 2.75) is 71.0 Å². The Morgan fingerprint density at radius 3 is 1.90 bits per heavy atom. The van der Waals surface area contributed by atoms with Crippen molar-refractivity contribution in [1.82, 2.24) is 10.3 Å². The predicted octanol–water partition coefficient (Wildman–Crippen LogP) is 7.99. The highest BCUT2D eigenvalue weighted by atomic mass is 19.4. The van der Waals surface area contributed by atoms with Gasteiger partial charge in [-0.2, -0.15) is 26.3 Å². The van der Waals surface area contributed by atoms with Crippen molar-refractivity contribution in [3.8, 4) is 0 Å². The number of aromatic nitrogens is 1. The number of amides is 2. The molecule has 4 rings (SSSR count). The highest BCUT2D eigenvalue weighted by Crippen LogP contribution is 2.53. The van der Waals surface area contributed by atoms with Crippen molar-refractivity contribution in [2.75, 3.05) is 5.32 Å². The fraction of sp³-hybridized carbons (Fsp3) is 0.367. The van der Waals surface area contributed by atoms with E-state index < -0.39 is 40.9 Å². The van der Waals surface area contributed by atoms with Crippen LogP contribution in [0.15, 0.2) is 54.6 Å². The van der Waals surface area contributed by atoms with Crippen molar-refractivity contribution in [3.05, 3.63) is 93.8 Å². The number of benzene rings is 2. The number of halogens is 7. The van der Waals surface area contributed by atoms with Crippen molar-refractivity contribution in [1.29, 1.82) is 0 Å². The van der Waals surface area contributed by atoms with Gasteiger partial charge in [-0.05, 0) is 69.0 Å². The molecular formula is C30H30F7N3O2. The number of nitrogens with zero attached hydrogens (tertiary/aromatic N) is 1. The maximum Gasteiger partial charge on any atom is 0.435 e. The van der Waals surface area contributed by atoms with Crippen LogP contribution >= 0.6 is 0 Å². The zero-order chi connectivity index (χ0) is 31.7. The van der Waals surface area contributed by atoms with Gasteiger partial charge in [-0.15, -0.1) is 0 Å². The molecular weight excluding hydrogens is 567 g/mol. The van der Waals surface area contributed by atoms with Crippen LogP contribution in [0.1, 0.15) is 75.5 Å². The molecule has 0 saturated heterocycles. The van der Waals surface area contributed by atoms with E-state index in [1.165, 1.54) is 12.1 Å². The summed E-state index contributed by atoms with van der Waals surface area (Å²) in [7, 11) is 0. The van der Waals surface area contributed by atoms with Crippen LogP contribution in [-0.4, -0.2) is 29.2 Å². The quantitative estimate of drug-likeness (QED) is 0.283. The van der Waals surface area contributed by atoms with Crippen molar-refractivity contribution in [2.24, 2.45) is 0 Å². The Morgan fingerprint density at radius 2 is 1.38 bits per heavy atom. The zero-order valence-corrected chi connectivity index (χ0v) is 23.5. The summed E-state index contributed by atoms with van der Waals surface area (Å²) in [4.78, 5) is 31.1. The van der Waals surface area contributed by atoms with Crippen LogP contribution < -0.4 is 10.6 Å². The van der Waals surface area contributed by atoms with Crippen molar-refractivity contribution < 1.29 is 40.3 Å². The van der Waals surface area contributed by atoms with Gasteiger partial charge in [0.05, 0.1) is 22.4 Å². The first-order valence-electron chi connectivity index (χ1n) is 13.1. The van der Waals surface area contributed by atoms with Crippen LogP contribution in [-0.2, 0) is 11.2 Å². The van der Waals surface area contributed by atoms with Gasteiger partial charge in [0, 0.05) is 16.9 Å². The molecule has 3 aromatic rings. The lowest BCUT2D eigenvalue weighted by atomic mass is 9.92. The van der Waals surface area contributed by atoms with Crippen molar-refractivity contribution >= 4 is 17.5 Å². The van der Waals surface area contributed by atoms with E-state index in [1.807, 2.05) is 32.9 Å². The normalized spacial score (nSPS) is 14.4. The van der Waals surface area contributed by atoms with E-state index in [9.17, 15) is 40.3 Å². The minimum absolute atomic E-state index is 0.0464. The molecule has 1 saturated carbocycles. The van der Waals surface area contributed by atoms with Crippen LogP contribution in [0.2, 0.25) is 0 Å². The summed E-state index contributed by atoms with van der Waals surface area (Å²) in [5.74, 6) is -1.38. The van der Waals surface area contributed by atoms with Gasteiger partial charge in [-0.25, -0.2) is 4.39 Å². The lowest BCUT2D eigenvalue weighted by Gasteiger charge is -2.30. The molecule has 0 unspecified atom stereocenters. The Kier molecular flexibility index (Phi) is 9.09. The van der Waals surface area contributed by atoms with Crippen LogP contribution in [0.25, 0.3) is 0 Å². The number of aryl methyl sites for hydroxylation is 3. The molecule has 1 fully saturated rings. The van der Waals surface area contributed by atoms with E-state index in [0.29, 0.717) is 36.2 Å². The molecule has 1 aromatic heterocycles. The predicted molar refractivity (Wildman–Crippen MR) is 144 cm³/mol. The molecule has 12 heteroatoms. The molecule has 2 amide bonds. The van der Waals surface area contributed by atoms with E-state index in [-0.39, 0.29) is 22.4 Å². The first kappa shape index (κ1) is 32.6. The standard InChI is InChI=1S/C28H24F7N3O2.C2H6/c1-15-6-4-8-19(22(15)24(40)38-25(12-13-25)21-9-5-7-17(3)36-21)23(39)37-20-11-10-18(14-16(20)2)26(29,27(30,31)32)28(33,34)35;1-2/h4-11,14H,12-13H2,1-3H3,(H,37,39)(H,38,40);1-2H3. The molecule has 0 radical (unpaired) electrons. The number of pyridine rings is 1. The first-order chi connectivity index (χ1) is 19.5. The van der Waals surface area contributed by atoms with Gasteiger partial charge in [-0.1, -0.05) is 44.2 Å². The largest absolute Gasteiger partial charge is 0.435 e. The monoisotopic (exact) mass is 597 g/mol. The van der Waals surface area contributed by atoms with E-state index >= 15 is 0 Å². The molecule has 5 nitrogen and oxygen atoms in total. The summed E-state index contributed by atoms with van der Waals surface area (Å²) in [5.41, 5.74) is -6.48. The molecule has 0 aliphatic heterocycles. The summed E-state index contributed by atoms with van der Waals surface area (Å²) >= 11 is 0. The second kappa shape index (κ2) is 11.7. The van der Waals surface area contributed by atoms with Gasteiger partial charge in [0.2, 0.25) is 0 Å². The molecule has 42 heavy (non-hydrogen) atoms. The lowest BCUT2D eigenvalue weighted by Crippen LogP contribution is -2.50. The van der Waals surface area contributed by atoms with Gasteiger partial charge in [0.15, 0.2) is 0 Å². The van der Waals surface area contributed by atoms with E-state index in [1.54, 1.807) is 19.1 Å². The Hall–Kier alpha value is -3.96. The smallest absolute Gasteiger partial charge is 0.341 e.